The van der Waals surface area contributed by atoms with Crippen LogP contribution in [0.15, 0.2) is 182 Å². The van der Waals surface area contributed by atoms with Crippen LogP contribution in [0.3, 0.4) is 0 Å². The van der Waals surface area contributed by atoms with Crippen molar-refractivity contribution in [2.45, 2.75) is 0 Å². The van der Waals surface area contributed by atoms with E-state index in [1.165, 1.54) is 65.3 Å². The van der Waals surface area contributed by atoms with Crippen molar-refractivity contribution in [3.05, 3.63) is 182 Å². The Kier molecular flexibility index (Phi) is 6.97. The van der Waals surface area contributed by atoms with Crippen LogP contribution in [0, 0.1) is 0 Å². The molecule has 0 aliphatic heterocycles. The zero-order chi connectivity index (χ0) is 34.6. The number of benzene rings is 10. The standard InChI is InChI=1S/C49H30O3/c50-49(51-39-19-11-33(12-20-39)43-25-17-35-29-47(43)37-15-23-41(45(35)27-37)31-7-3-1-4-8-31)52-40-21-13-34(14-22-40)44-26-18-36-30-48(44)38-16-24-42(46(36)28-38)32-9-5-2-6-10-32/h1-30H. The van der Waals surface area contributed by atoms with Crippen molar-refractivity contribution < 1.29 is 14.3 Å². The van der Waals surface area contributed by atoms with E-state index in [1.54, 1.807) is 24.3 Å². The quantitative estimate of drug-likeness (QED) is 0.131. The van der Waals surface area contributed by atoms with E-state index < -0.39 is 6.16 Å². The first-order valence-electron chi connectivity index (χ1n) is 17.4. The summed E-state index contributed by atoms with van der Waals surface area (Å²) in [5.74, 6) is 0.837. The molecule has 244 valence electrons. The van der Waals surface area contributed by atoms with E-state index in [9.17, 15) is 4.79 Å². The molecule has 3 heteroatoms. The Morgan fingerprint density at radius 3 is 0.904 bits per heavy atom. The number of hydrogen-bond donors (Lipinski definition) is 0. The molecule has 0 aliphatic rings. The second-order valence-corrected chi connectivity index (χ2v) is 13.3. The molecule has 0 spiro atoms. The van der Waals surface area contributed by atoms with Crippen LogP contribution in [-0.2, 0) is 0 Å². The first-order chi connectivity index (χ1) is 25.6. The van der Waals surface area contributed by atoms with Crippen LogP contribution in [0.2, 0.25) is 0 Å². The van der Waals surface area contributed by atoms with Crippen molar-refractivity contribution in [2.75, 3.05) is 0 Å². The molecule has 10 rings (SSSR count). The maximum absolute atomic E-state index is 12.8. The third-order valence-corrected chi connectivity index (χ3v) is 10.2. The Balaban J connectivity index is 0.839. The fourth-order valence-electron chi connectivity index (χ4n) is 7.66. The normalized spacial score (nSPS) is 11.5. The predicted octanol–water partition coefficient (Wildman–Crippen LogP) is 13.4. The molecule has 0 saturated heterocycles. The summed E-state index contributed by atoms with van der Waals surface area (Å²) in [4.78, 5) is 12.8. The summed E-state index contributed by atoms with van der Waals surface area (Å²) in [5, 5.41) is 9.67. The molecule has 0 saturated carbocycles. The molecule has 52 heavy (non-hydrogen) atoms. The number of fused-ring (bicyclic) bond motifs is 12. The summed E-state index contributed by atoms with van der Waals surface area (Å²) >= 11 is 0. The van der Waals surface area contributed by atoms with Crippen LogP contribution in [0.1, 0.15) is 0 Å². The van der Waals surface area contributed by atoms with E-state index in [4.69, 9.17) is 9.47 Å². The van der Waals surface area contributed by atoms with E-state index >= 15 is 0 Å². The monoisotopic (exact) mass is 666 g/mol. The number of hydrogen-bond acceptors (Lipinski definition) is 3. The molecule has 3 nitrogen and oxygen atoms in total. The van der Waals surface area contributed by atoms with Gasteiger partial charge in [-0.25, -0.2) is 4.79 Å². The van der Waals surface area contributed by atoms with Gasteiger partial charge in [0.05, 0.1) is 0 Å². The van der Waals surface area contributed by atoms with Gasteiger partial charge in [0.2, 0.25) is 0 Å². The first kappa shape index (κ1) is 29.9. The molecule has 10 aromatic carbocycles. The molecule has 0 unspecified atom stereocenters. The predicted molar refractivity (Wildman–Crippen MR) is 214 cm³/mol. The van der Waals surface area contributed by atoms with E-state index in [0.29, 0.717) is 11.5 Å². The van der Waals surface area contributed by atoms with E-state index in [2.05, 4.69) is 121 Å². The summed E-state index contributed by atoms with van der Waals surface area (Å²) in [6.07, 6.45) is -0.781. The van der Waals surface area contributed by atoms with Gasteiger partial charge >= 0.3 is 6.16 Å². The maximum atomic E-state index is 12.8. The Morgan fingerprint density at radius 1 is 0.308 bits per heavy atom. The summed E-state index contributed by atoms with van der Waals surface area (Å²) in [7, 11) is 0. The molecular formula is C49H30O3. The summed E-state index contributed by atoms with van der Waals surface area (Å²) in [6.45, 7) is 0. The second-order valence-electron chi connectivity index (χ2n) is 13.3. The van der Waals surface area contributed by atoms with Crippen LogP contribution in [0.4, 0.5) is 4.79 Å². The smallest absolute Gasteiger partial charge is 0.395 e. The summed E-state index contributed by atoms with van der Waals surface area (Å²) in [6, 6.07) is 62.8. The molecule has 0 fully saturated rings. The van der Waals surface area contributed by atoms with Crippen molar-refractivity contribution in [1.29, 1.82) is 0 Å². The van der Waals surface area contributed by atoms with E-state index in [0.717, 1.165) is 22.3 Å². The molecule has 8 bridgehead atoms. The highest BCUT2D eigenvalue weighted by Gasteiger charge is 2.15. The van der Waals surface area contributed by atoms with Crippen LogP contribution < -0.4 is 9.47 Å². The average Bonchev–Trinajstić information content (AvgIpc) is 3.20. The Morgan fingerprint density at radius 2 is 0.596 bits per heavy atom. The summed E-state index contributed by atoms with van der Waals surface area (Å²) < 4.78 is 11.1. The SMILES string of the molecule is O=C(Oc1ccc(-c2ccc3cc2c2ccc(-c4ccccc4)c3c2)cc1)Oc1ccc(-c2ccc3cc2c2ccc(-c4ccccc4)c3c2)cc1. The highest BCUT2D eigenvalue weighted by molar-refractivity contribution is 6.12. The van der Waals surface area contributed by atoms with Crippen LogP contribution in [-0.4, -0.2) is 6.16 Å². The zero-order valence-electron chi connectivity index (χ0n) is 28.0. The lowest BCUT2D eigenvalue weighted by atomic mass is 9.90. The van der Waals surface area contributed by atoms with Gasteiger partial charge in [-0.05, 0) is 136 Å². The molecule has 0 amide bonds. The lowest BCUT2D eigenvalue weighted by molar-refractivity contribution is 0.152. The van der Waals surface area contributed by atoms with Crippen LogP contribution >= 0.6 is 0 Å². The number of ether oxygens (including phenoxy) is 2. The van der Waals surface area contributed by atoms with Crippen molar-refractivity contribution in [2.24, 2.45) is 0 Å². The Labute approximate surface area is 300 Å². The van der Waals surface area contributed by atoms with E-state index in [1.807, 2.05) is 36.4 Å². The number of carbonyl (C=O) groups is 1. The third-order valence-electron chi connectivity index (χ3n) is 10.2. The van der Waals surface area contributed by atoms with Crippen molar-refractivity contribution >= 4 is 49.2 Å². The Hall–Kier alpha value is -6.97. The fraction of sp³-hybridized carbons (Fsp3) is 0. The van der Waals surface area contributed by atoms with Gasteiger partial charge in [0.25, 0.3) is 0 Å². The molecule has 10 aromatic rings. The van der Waals surface area contributed by atoms with Crippen molar-refractivity contribution in [3.63, 3.8) is 0 Å². The van der Waals surface area contributed by atoms with Gasteiger partial charge in [-0.1, -0.05) is 133 Å². The summed E-state index contributed by atoms with van der Waals surface area (Å²) in [5.41, 5.74) is 9.25. The van der Waals surface area contributed by atoms with Crippen molar-refractivity contribution in [3.8, 4) is 56.0 Å². The number of rotatable bonds is 6. The van der Waals surface area contributed by atoms with Crippen molar-refractivity contribution in [1.82, 2.24) is 0 Å². The first-order valence-corrected chi connectivity index (χ1v) is 17.4. The van der Waals surface area contributed by atoms with Gasteiger partial charge < -0.3 is 9.47 Å². The topological polar surface area (TPSA) is 35.5 Å². The van der Waals surface area contributed by atoms with Crippen LogP contribution in [0.25, 0.3) is 87.6 Å². The number of carbonyl (C=O) groups excluding carboxylic acids is 1. The highest BCUT2D eigenvalue weighted by atomic mass is 16.7. The molecule has 0 N–H and O–H groups in total. The minimum absolute atomic E-state index is 0.418. The fourth-order valence-corrected chi connectivity index (χ4v) is 7.66. The van der Waals surface area contributed by atoms with Gasteiger partial charge in [-0.15, -0.1) is 0 Å². The zero-order valence-corrected chi connectivity index (χ0v) is 28.0. The van der Waals surface area contributed by atoms with Gasteiger partial charge in [0.15, 0.2) is 0 Å². The van der Waals surface area contributed by atoms with Gasteiger partial charge in [-0.2, -0.15) is 0 Å². The van der Waals surface area contributed by atoms with Gasteiger partial charge in [0.1, 0.15) is 11.5 Å². The molecule has 0 atom stereocenters. The maximum Gasteiger partial charge on any atom is 0.519 e. The molecule has 0 aliphatic carbocycles. The van der Waals surface area contributed by atoms with E-state index in [-0.39, 0.29) is 0 Å². The van der Waals surface area contributed by atoms with Gasteiger partial charge in [0, 0.05) is 0 Å². The lowest BCUT2D eigenvalue weighted by Gasteiger charge is -2.14. The molecule has 0 heterocycles. The minimum Gasteiger partial charge on any atom is -0.395 e. The average molecular weight is 667 g/mol. The lowest BCUT2D eigenvalue weighted by Crippen LogP contribution is -2.13. The third kappa shape index (κ3) is 5.19. The van der Waals surface area contributed by atoms with Crippen LogP contribution in [0.5, 0.6) is 11.5 Å². The molecule has 0 aromatic heterocycles. The van der Waals surface area contributed by atoms with Gasteiger partial charge in [-0.3, -0.25) is 0 Å². The Bertz CT molecular complexity index is 2680. The molecular weight excluding hydrogens is 637 g/mol. The molecule has 0 radical (unpaired) electrons. The largest absolute Gasteiger partial charge is 0.519 e. The minimum atomic E-state index is -0.781. The second kappa shape index (κ2) is 12.1. The highest BCUT2D eigenvalue weighted by Crippen LogP contribution is 2.40.